The Kier molecular flexibility index (Phi) is 5.30. The molecule has 0 spiro atoms. The normalized spacial score (nSPS) is 19.5. The summed E-state index contributed by atoms with van der Waals surface area (Å²) in [5, 5.41) is 7.24. The van der Waals surface area contributed by atoms with E-state index in [1.165, 1.54) is 24.4 Å². The van der Waals surface area contributed by atoms with E-state index in [4.69, 9.17) is 11.6 Å². The lowest BCUT2D eigenvalue weighted by Gasteiger charge is -2.18. The van der Waals surface area contributed by atoms with E-state index in [1.807, 2.05) is 6.07 Å². The Morgan fingerprint density at radius 3 is 2.67 bits per heavy atom. The van der Waals surface area contributed by atoms with Crippen molar-refractivity contribution in [3.63, 3.8) is 0 Å². The van der Waals surface area contributed by atoms with Gasteiger partial charge in [0.05, 0.1) is 35.4 Å². The van der Waals surface area contributed by atoms with Crippen LogP contribution < -0.4 is 5.56 Å². The first-order chi connectivity index (χ1) is 19.1. The van der Waals surface area contributed by atoms with Gasteiger partial charge >= 0.3 is 6.18 Å². The molecule has 13 heteroatoms. The van der Waals surface area contributed by atoms with E-state index < -0.39 is 17.8 Å². The zero-order valence-corrected chi connectivity index (χ0v) is 21.4. The minimum Gasteiger partial charge on any atom is -0.340 e. The number of rotatable bonds is 4. The summed E-state index contributed by atoms with van der Waals surface area (Å²) < 4.78 is 56.6. The lowest BCUT2D eigenvalue weighted by atomic mass is 10.0. The van der Waals surface area contributed by atoms with Crippen molar-refractivity contribution in [2.45, 2.75) is 31.5 Å². The van der Waals surface area contributed by atoms with Gasteiger partial charge < -0.3 is 9.55 Å². The Hall–Kier alpha value is -4.32. The van der Waals surface area contributed by atoms with E-state index in [0.29, 0.717) is 39.0 Å². The SMILES string of the molecule is Cc1ccc(-c2cnc(C3C4CC4c4cc(-c5cc(Cl)ccc5-n5cc(C(F)(F)F)nn5)cc(=O)n43)[nH]2)c(F)n1. The number of pyridine rings is 2. The first-order valence-electron chi connectivity index (χ1n) is 12.3. The van der Waals surface area contributed by atoms with Crippen LogP contribution >= 0.6 is 11.6 Å². The molecule has 1 aliphatic carbocycles. The summed E-state index contributed by atoms with van der Waals surface area (Å²) >= 11 is 6.25. The third kappa shape index (κ3) is 3.93. The van der Waals surface area contributed by atoms with Crippen molar-refractivity contribution in [1.82, 2.24) is 34.5 Å². The van der Waals surface area contributed by atoms with Gasteiger partial charge in [0, 0.05) is 34.0 Å². The highest BCUT2D eigenvalue weighted by atomic mass is 35.5. The van der Waals surface area contributed by atoms with Crippen LogP contribution in [0.1, 0.15) is 41.3 Å². The third-order valence-corrected chi connectivity index (χ3v) is 7.69. The average Bonchev–Trinajstić information content (AvgIpc) is 3.22. The summed E-state index contributed by atoms with van der Waals surface area (Å²) in [6.07, 6.45) is -1.49. The largest absolute Gasteiger partial charge is 0.436 e. The average molecular weight is 568 g/mol. The van der Waals surface area contributed by atoms with Crippen LogP contribution in [0.5, 0.6) is 0 Å². The molecule has 1 N–H and O–H groups in total. The number of hydrogen-bond acceptors (Lipinski definition) is 5. The monoisotopic (exact) mass is 567 g/mol. The molecule has 1 aliphatic heterocycles. The molecule has 0 amide bonds. The number of aromatic nitrogens is 7. The maximum Gasteiger partial charge on any atom is 0.436 e. The van der Waals surface area contributed by atoms with Gasteiger partial charge in [-0.3, -0.25) is 4.79 Å². The minimum absolute atomic E-state index is 0.106. The van der Waals surface area contributed by atoms with E-state index in [-0.39, 0.29) is 29.0 Å². The Morgan fingerprint density at radius 2 is 1.93 bits per heavy atom. The summed E-state index contributed by atoms with van der Waals surface area (Å²) in [5.74, 6) is 0.170. The van der Waals surface area contributed by atoms with Crippen molar-refractivity contribution in [1.29, 1.82) is 0 Å². The number of H-pyrrole nitrogens is 1. The zero-order valence-electron chi connectivity index (χ0n) is 20.6. The second-order valence-corrected chi connectivity index (χ2v) is 10.4. The molecule has 40 heavy (non-hydrogen) atoms. The van der Waals surface area contributed by atoms with E-state index in [2.05, 4.69) is 25.3 Å². The summed E-state index contributed by atoms with van der Waals surface area (Å²) in [6, 6.07) is 10.9. The Labute approximate surface area is 228 Å². The lowest BCUT2D eigenvalue weighted by molar-refractivity contribution is -0.141. The zero-order chi connectivity index (χ0) is 27.9. The van der Waals surface area contributed by atoms with Crippen molar-refractivity contribution in [2.24, 2.45) is 5.92 Å². The Morgan fingerprint density at radius 1 is 1.10 bits per heavy atom. The number of nitrogens with one attached hydrogen (secondary N) is 1. The number of hydrogen-bond donors (Lipinski definition) is 1. The van der Waals surface area contributed by atoms with Gasteiger partial charge in [-0.15, -0.1) is 5.10 Å². The molecule has 0 bridgehead atoms. The number of aryl methyl sites for hydroxylation is 1. The second-order valence-electron chi connectivity index (χ2n) is 10.0. The maximum absolute atomic E-state index is 14.5. The number of alkyl halides is 3. The first-order valence-corrected chi connectivity index (χ1v) is 12.7. The summed E-state index contributed by atoms with van der Waals surface area (Å²) in [7, 11) is 0. The van der Waals surface area contributed by atoms with Crippen molar-refractivity contribution < 1.29 is 17.6 Å². The van der Waals surface area contributed by atoms with Gasteiger partial charge in [0.25, 0.3) is 5.56 Å². The van der Waals surface area contributed by atoms with Gasteiger partial charge in [-0.05, 0) is 61.2 Å². The molecular weight excluding hydrogens is 550 g/mol. The molecule has 0 saturated heterocycles. The van der Waals surface area contributed by atoms with Crippen LogP contribution in [0.15, 0.2) is 59.7 Å². The van der Waals surface area contributed by atoms with E-state index in [1.54, 1.807) is 29.7 Å². The Balaban J connectivity index is 1.29. The van der Waals surface area contributed by atoms with Crippen LogP contribution in [0, 0.1) is 18.8 Å². The number of benzene rings is 1. The van der Waals surface area contributed by atoms with Crippen molar-refractivity contribution in [2.75, 3.05) is 0 Å². The fourth-order valence-corrected chi connectivity index (χ4v) is 5.73. The first kappa shape index (κ1) is 24.7. The van der Waals surface area contributed by atoms with Crippen LogP contribution in [-0.2, 0) is 6.18 Å². The summed E-state index contributed by atoms with van der Waals surface area (Å²) in [4.78, 5) is 25.1. The molecule has 1 saturated carbocycles. The topological polar surface area (TPSA) is 94.3 Å². The molecule has 3 unspecified atom stereocenters. The van der Waals surface area contributed by atoms with Crippen LogP contribution in [0.25, 0.3) is 28.1 Å². The van der Waals surface area contributed by atoms with Gasteiger partial charge in [0.15, 0.2) is 5.69 Å². The molecule has 8 nitrogen and oxygen atoms in total. The molecule has 202 valence electrons. The van der Waals surface area contributed by atoms with Gasteiger partial charge in [-0.2, -0.15) is 17.6 Å². The minimum atomic E-state index is -4.65. The number of aromatic amines is 1. The van der Waals surface area contributed by atoms with Gasteiger partial charge in [-0.25, -0.2) is 14.6 Å². The molecular formula is C27H18ClF4N7O. The van der Waals surface area contributed by atoms with Crippen molar-refractivity contribution in [3.05, 3.63) is 99.1 Å². The highest BCUT2D eigenvalue weighted by Gasteiger charge is 2.54. The quantitative estimate of drug-likeness (QED) is 0.222. The predicted octanol–water partition coefficient (Wildman–Crippen LogP) is 5.71. The van der Waals surface area contributed by atoms with Crippen LogP contribution in [0.3, 0.4) is 0 Å². The molecule has 7 rings (SSSR count). The highest BCUT2D eigenvalue weighted by molar-refractivity contribution is 6.31. The third-order valence-electron chi connectivity index (χ3n) is 7.46. The molecule has 1 fully saturated rings. The van der Waals surface area contributed by atoms with E-state index in [9.17, 15) is 22.4 Å². The van der Waals surface area contributed by atoms with Crippen molar-refractivity contribution in [3.8, 4) is 28.1 Å². The number of halogens is 5. The van der Waals surface area contributed by atoms with Gasteiger partial charge in [0.2, 0.25) is 5.95 Å². The second kappa shape index (κ2) is 8.59. The molecule has 1 aromatic carbocycles. The lowest BCUT2D eigenvalue weighted by Crippen LogP contribution is -2.26. The standard InChI is InChI=1S/C27H18ClF4N7O/c1-12-2-4-15(25(29)34-12)19-10-33-26(35-19)24-18-9-17(18)21-6-13(7-23(40)39(21)24)16-8-14(28)3-5-20(16)38-11-22(36-37-38)27(30,31)32/h2-8,10-11,17-18,24H,9H2,1H3,(H,33,35). The highest BCUT2D eigenvalue weighted by Crippen LogP contribution is 2.60. The van der Waals surface area contributed by atoms with E-state index in [0.717, 1.165) is 23.0 Å². The molecule has 5 aromatic rings. The summed E-state index contributed by atoms with van der Waals surface area (Å²) in [6.45, 7) is 1.70. The Bertz CT molecular complexity index is 1880. The van der Waals surface area contributed by atoms with Crippen LogP contribution in [-0.4, -0.2) is 34.5 Å². The smallest absolute Gasteiger partial charge is 0.340 e. The summed E-state index contributed by atoms with van der Waals surface area (Å²) in [5.41, 5.74) is 1.89. The number of nitrogens with zero attached hydrogens (tertiary/aromatic N) is 6. The van der Waals surface area contributed by atoms with Crippen molar-refractivity contribution >= 4 is 11.6 Å². The number of imidazole rings is 1. The maximum atomic E-state index is 14.5. The molecule has 2 aliphatic rings. The predicted molar refractivity (Wildman–Crippen MR) is 137 cm³/mol. The van der Waals surface area contributed by atoms with Crippen LogP contribution in [0.4, 0.5) is 17.6 Å². The fourth-order valence-electron chi connectivity index (χ4n) is 5.56. The van der Waals surface area contributed by atoms with Gasteiger partial charge in [0.1, 0.15) is 5.82 Å². The molecule has 5 heterocycles. The van der Waals surface area contributed by atoms with E-state index >= 15 is 0 Å². The number of fused-ring (bicyclic) bond motifs is 3. The van der Waals surface area contributed by atoms with Crippen LogP contribution in [0.2, 0.25) is 5.02 Å². The van der Waals surface area contributed by atoms with Gasteiger partial charge in [-0.1, -0.05) is 16.8 Å². The fraction of sp³-hybridized carbons (Fsp3) is 0.222. The molecule has 3 atom stereocenters. The molecule has 4 aromatic heterocycles. The molecule has 0 radical (unpaired) electrons.